The number of carbonyl (C=O) groups is 1. The molecule has 0 radical (unpaired) electrons. The number of hydrogen-bond donors (Lipinski definition) is 1. The van der Waals surface area contributed by atoms with Gasteiger partial charge in [-0.15, -0.1) is 0 Å². The zero-order valence-corrected chi connectivity index (χ0v) is 17.9. The van der Waals surface area contributed by atoms with E-state index in [4.69, 9.17) is 14.2 Å². The van der Waals surface area contributed by atoms with Gasteiger partial charge in [0.25, 0.3) is 0 Å². The number of halogens is 1. The number of rotatable bonds is 7. The lowest BCUT2D eigenvalue weighted by Gasteiger charge is -2.15. The number of hydrogen-bond acceptors (Lipinski definition) is 4. The summed E-state index contributed by atoms with van der Waals surface area (Å²) in [6, 6.07) is 11.6. The standard InChI is InChI=1S/C21H23BrN2O4/c1-13-21(22)15-7-5-6-8-16(15)24(13)12-20(25)23-11-14-9-18(27-3)19(28-4)10-17(14)26-2/h5-10H,11-12H2,1-4H3,(H,23,25). The second-order valence-corrected chi connectivity index (χ2v) is 7.09. The van der Waals surface area contributed by atoms with Crippen LogP contribution in [0.3, 0.4) is 0 Å². The summed E-state index contributed by atoms with van der Waals surface area (Å²) >= 11 is 3.62. The molecule has 0 unspecified atom stereocenters. The van der Waals surface area contributed by atoms with Gasteiger partial charge >= 0.3 is 0 Å². The number of nitrogens with zero attached hydrogens (tertiary/aromatic N) is 1. The van der Waals surface area contributed by atoms with Crippen LogP contribution in [0.5, 0.6) is 17.2 Å². The molecule has 6 nitrogen and oxygen atoms in total. The van der Waals surface area contributed by atoms with Gasteiger partial charge in [0.2, 0.25) is 5.91 Å². The fourth-order valence-corrected chi connectivity index (χ4v) is 3.77. The van der Waals surface area contributed by atoms with E-state index in [1.165, 1.54) is 0 Å². The molecule has 0 fully saturated rings. The van der Waals surface area contributed by atoms with Crippen molar-refractivity contribution in [2.45, 2.75) is 20.0 Å². The van der Waals surface area contributed by atoms with Crippen LogP contribution < -0.4 is 19.5 Å². The Bertz CT molecular complexity index is 1010. The first kappa shape index (κ1) is 20.1. The highest BCUT2D eigenvalue weighted by Crippen LogP contribution is 2.34. The van der Waals surface area contributed by atoms with Crippen LogP contribution in [0.15, 0.2) is 40.9 Å². The summed E-state index contributed by atoms with van der Waals surface area (Å²) in [7, 11) is 4.73. The Balaban J connectivity index is 1.78. The predicted octanol–water partition coefficient (Wildman–Crippen LogP) is 4.05. The predicted molar refractivity (Wildman–Crippen MR) is 112 cm³/mol. The van der Waals surface area contributed by atoms with Gasteiger partial charge in [0.15, 0.2) is 11.5 Å². The first-order chi connectivity index (χ1) is 13.5. The number of aromatic nitrogens is 1. The van der Waals surface area contributed by atoms with Crippen LogP contribution in [-0.2, 0) is 17.9 Å². The van der Waals surface area contributed by atoms with E-state index in [1.807, 2.05) is 41.8 Å². The van der Waals surface area contributed by atoms with Gasteiger partial charge in [0.1, 0.15) is 12.3 Å². The molecule has 1 aromatic heterocycles. The third-order valence-electron chi connectivity index (χ3n) is 4.72. The van der Waals surface area contributed by atoms with Gasteiger partial charge in [-0.25, -0.2) is 0 Å². The lowest BCUT2D eigenvalue weighted by atomic mass is 10.1. The van der Waals surface area contributed by atoms with Crippen molar-refractivity contribution in [3.63, 3.8) is 0 Å². The Labute approximate surface area is 172 Å². The highest BCUT2D eigenvalue weighted by atomic mass is 79.9. The van der Waals surface area contributed by atoms with E-state index in [0.717, 1.165) is 26.6 Å². The molecule has 1 amide bonds. The molecule has 148 valence electrons. The van der Waals surface area contributed by atoms with Crippen LogP contribution in [0.2, 0.25) is 0 Å². The van der Waals surface area contributed by atoms with Crippen molar-refractivity contribution in [2.24, 2.45) is 0 Å². The van der Waals surface area contributed by atoms with E-state index in [2.05, 4.69) is 21.2 Å². The molecule has 1 N–H and O–H groups in total. The van der Waals surface area contributed by atoms with E-state index in [0.29, 0.717) is 23.8 Å². The van der Waals surface area contributed by atoms with Gasteiger partial charge in [0.05, 0.1) is 21.3 Å². The second kappa shape index (κ2) is 8.56. The van der Waals surface area contributed by atoms with Crippen LogP contribution in [0, 0.1) is 6.92 Å². The largest absolute Gasteiger partial charge is 0.496 e. The molecule has 0 atom stereocenters. The summed E-state index contributed by atoms with van der Waals surface area (Å²) < 4.78 is 19.1. The van der Waals surface area contributed by atoms with E-state index < -0.39 is 0 Å². The van der Waals surface area contributed by atoms with Crippen molar-refractivity contribution in [3.05, 3.63) is 52.1 Å². The lowest BCUT2D eigenvalue weighted by molar-refractivity contribution is -0.121. The number of nitrogens with one attached hydrogen (secondary N) is 1. The molecule has 3 rings (SSSR count). The van der Waals surface area contributed by atoms with Gasteiger partial charge < -0.3 is 24.1 Å². The van der Waals surface area contributed by atoms with Crippen molar-refractivity contribution < 1.29 is 19.0 Å². The average molecular weight is 447 g/mol. The first-order valence-electron chi connectivity index (χ1n) is 8.79. The van der Waals surface area contributed by atoms with Crippen LogP contribution in [0.1, 0.15) is 11.3 Å². The number of methoxy groups -OCH3 is 3. The normalized spacial score (nSPS) is 10.8. The van der Waals surface area contributed by atoms with E-state index >= 15 is 0 Å². The molecular weight excluding hydrogens is 424 g/mol. The average Bonchev–Trinajstić information content (AvgIpc) is 2.96. The molecule has 0 aliphatic heterocycles. The monoisotopic (exact) mass is 446 g/mol. The molecule has 0 saturated carbocycles. The Morgan fingerprint density at radius 3 is 2.36 bits per heavy atom. The van der Waals surface area contributed by atoms with E-state index in [1.54, 1.807) is 27.4 Å². The summed E-state index contributed by atoms with van der Waals surface area (Å²) in [6.07, 6.45) is 0. The third kappa shape index (κ3) is 3.80. The van der Waals surface area contributed by atoms with Crippen LogP contribution in [0.25, 0.3) is 10.9 Å². The first-order valence-corrected chi connectivity index (χ1v) is 9.58. The van der Waals surface area contributed by atoms with Crippen molar-refractivity contribution in [3.8, 4) is 17.2 Å². The summed E-state index contributed by atoms with van der Waals surface area (Å²) in [5, 5.41) is 4.05. The van der Waals surface area contributed by atoms with Crippen molar-refractivity contribution >= 4 is 32.7 Å². The topological polar surface area (TPSA) is 61.7 Å². The maximum atomic E-state index is 12.6. The Kier molecular flexibility index (Phi) is 6.14. The van der Waals surface area contributed by atoms with Crippen molar-refractivity contribution in [2.75, 3.05) is 21.3 Å². The summed E-state index contributed by atoms with van der Waals surface area (Å²) in [5.74, 6) is 1.70. The molecule has 28 heavy (non-hydrogen) atoms. The number of para-hydroxylation sites is 1. The van der Waals surface area contributed by atoms with Crippen LogP contribution in [0.4, 0.5) is 0 Å². The fraction of sp³-hybridized carbons (Fsp3) is 0.286. The molecule has 0 saturated heterocycles. The molecule has 3 aromatic rings. The molecular formula is C21H23BrN2O4. The molecule has 2 aromatic carbocycles. The zero-order chi connectivity index (χ0) is 20.3. The Morgan fingerprint density at radius 1 is 1.04 bits per heavy atom. The number of carbonyl (C=O) groups excluding carboxylic acids is 1. The van der Waals surface area contributed by atoms with Crippen LogP contribution >= 0.6 is 15.9 Å². The SMILES string of the molecule is COc1cc(OC)c(OC)cc1CNC(=O)Cn1c(C)c(Br)c2ccccc21. The lowest BCUT2D eigenvalue weighted by Crippen LogP contribution is -2.27. The minimum Gasteiger partial charge on any atom is -0.496 e. The molecule has 0 bridgehead atoms. The minimum atomic E-state index is -0.0896. The number of amides is 1. The van der Waals surface area contributed by atoms with Gasteiger partial charge in [-0.05, 0) is 35.0 Å². The summed E-state index contributed by atoms with van der Waals surface area (Å²) in [4.78, 5) is 12.6. The van der Waals surface area contributed by atoms with Gasteiger partial charge in [-0.3, -0.25) is 4.79 Å². The maximum Gasteiger partial charge on any atom is 0.240 e. The van der Waals surface area contributed by atoms with Gasteiger partial charge in [0, 0.05) is 39.2 Å². The van der Waals surface area contributed by atoms with Crippen LogP contribution in [-0.4, -0.2) is 31.8 Å². The Morgan fingerprint density at radius 2 is 1.68 bits per heavy atom. The smallest absolute Gasteiger partial charge is 0.240 e. The molecule has 0 aliphatic carbocycles. The molecule has 0 spiro atoms. The van der Waals surface area contributed by atoms with Gasteiger partial charge in [-0.1, -0.05) is 18.2 Å². The Hall–Kier alpha value is -2.67. The van der Waals surface area contributed by atoms with Gasteiger partial charge in [-0.2, -0.15) is 0 Å². The molecule has 0 aliphatic rings. The highest BCUT2D eigenvalue weighted by Gasteiger charge is 2.16. The van der Waals surface area contributed by atoms with Crippen molar-refractivity contribution in [1.82, 2.24) is 9.88 Å². The quantitative estimate of drug-likeness (QED) is 0.594. The van der Waals surface area contributed by atoms with E-state index in [-0.39, 0.29) is 12.5 Å². The molecule has 1 heterocycles. The third-order valence-corrected chi connectivity index (χ3v) is 5.72. The summed E-state index contributed by atoms with van der Waals surface area (Å²) in [6.45, 7) is 2.55. The van der Waals surface area contributed by atoms with Crippen molar-refractivity contribution in [1.29, 1.82) is 0 Å². The number of fused-ring (bicyclic) bond motifs is 1. The summed E-state index contributed by atoms with van der Waals surface area (Å²) in [5.41, 5.74) is 2.84. The number of ether oxygens (including phenoxy) is 3. The fourth-order valence-electron chi connectivity index (χ4n) is 3.22. The number of benzene rings is 2. The minimum absolute atomic E-state index is 0.0896. The zero-order valence-electron chi connectivity index (χ0n) is 16.3. The maximum absolute atomic E-state index is 12.6. The second-order valence-electron chi connectivity index (χ2n) is 6.30. The van der Waals surface area contributed by atoms with E-state index in [9.17, 15) is 4.79 Å². The molecule has 7 heteroatoms. The highest BCUT2D eigenvalue weighted by molar-refractivity contribution is 9.10.